The summed E-state index contributed by atoms with van der Waals surface area (Å²) in [5.41, 5.74) is 1.91. The van der Waals surface area contributed by atoms with Gasteiger partial charge in [0.2, 0.25) is 11.8 Å². The summed E-state index contributed by atoms with van der Waals surface area (Å²) in [6, 6.07) is 17.7. The van der Waals surface area contributed by atoms with E-state index >= 15 is 0 Å². The second-order valence-electron chi connectivity index (χ2n) is 5.78. The Bertz CT molecular complexity index is 885. The lowest BCUT2D eigenvalue weighted by molar-refractivity contribution is -0.139. The van der Waals surface area contributed by atoms with Gasteiger partial charge in [-0.2, -0.15) is 0 Å². The molecule has 4 heteroatoms. The molecule has 3 nitrogen and oxygen atoms in total. The normalized spacial score (nSPS) is 18.1. The summed E-state index contributed by atoms with van der Waals surface area (Å²) in [5.74, 6) is -0.529. The zero-order chi connectivity index (χ0) is 15.8. The number of carbonyl (C=O) groups excluding carboxylic acids is 2. The molecule has 0 N–H and O–H groups in total. The van der Waals surface area contributed by atoms with E-state index in [1.807, 2.05) is 60.0 Å². The monoisotopic (exact) mass is 321 g/mol. The Morgan fingerprint density at radius 2 is 1.87 bits per heavy atom. The zero-order valence-corrected chi connectivity index (χ0v) is 13.3. The van der Waals surface area contributed by atoms with Crippen molar-refractivity contribution in [2.75, 3.05) is 0 Å². The molecule has 0 bridgehead atoms. The molecule has 2 aromatic carbocycles. The van der Waals surface area contributed by atoms with Gasteiger partial charge in [-0.15, -0.1) is 11.3 Å². The minimum absolute atomic E-state index is 0.0886. The predicted molar refractivity (Wildman–Crippen MR) is 91.2 cm³/mol. The van der Waals surface area contributed by atoms with E-state index in [4.69, 9.17) is 0 Å². The van der Waals surface area contributed by atoms with Crippen molar-refractivity contribution in [3.63, 3.8) is 0 Å². The molecule has 1 aromatic heterocycles. The van der Waals surface area contributed by atoms with Crippen LogP contribution in [-0.4, -0.2) is 16.7 Å². The molecule has 114 valence electrons. The quantitative estimate of drug-likeness (QED) is 0.685. The Labute approximate surface area is 138 Å². The van der Waals surface area contributed by atoms with Gasteiger partial charge in [0.25, 0.3) is 0 Å². The largest absolute Gasteiger partial charge is 0.278 e. The minimum Gasteiger partial charge on any atom is -0.278 e. The summed E-state index contributed by atoms with van der Waals surface area (Å²) in [6.45, 7) is 0.357. The number of carbonyl (C=O) groups is 2. The number of imide groups is 1. The van der Waals surface area contributed by atoms with Crippen LogP contribution in [0.5, 0.6) is 0 Å². The molecule has 0 saturated carbocycles. The maximum Gasteiger partial charge on any atom is 0.237 e. The Kier molecular flexibility index (Phi) is 3.46. The van der Waals surface area contributed by atoms with Crippen molar-refractivity contribution in [3.8, 4) is 0 Å². The number of thiophene rings is 1. The highest BCUT2D eigenvalue weighted by Crippen LogP contribution is 2.33. The summed E-state index contributed by atoms with van der Waals surface area (Å²) in [4.78, 5) is 26.4. The van der Waals surface area contributed by atoms with E-state index < -0.39 is 0 Å². The second-order valence-corrected chi connectivity index (χ2v) is 6.73. The molecule has 0 spiro atoms. The van der Waals surface area contributed by atoms with Crippen LogP contribution < -0.4 is 0 Å². The van der Waals surface area contributed by atoms with E-state index in [2.05, 4.69) is 0 Å². The van der Waals surface area contributed by atoms with E-state index in [0.29, 0.717) is 6.54 Å². The number of amides is 2. The third-order valence-electron chi connectivity index (χ3n) is 4.31. The minimum atomic E-state index is -0.351. The van der Waals surface area contributed by atoms with Gasteiger partial charge in [0.05, 0.1) is 12.5 Å². The molecular formula is C19H15NO2S. The topological polar surface area (TPSA) is 37.4 Å². The van der Waals surface area contributed by atoms with Crippen molar-refractivity contribution in [1.29, 1.82) is 0 Å². The van der Waals surface area contributed by atoms with Crippen LogP contribution in [0.4, 0.5) is 0 Å². The van der Waals surface area contributed by atoms with E-state index in [1.54, 1.807) is 11.3 Å². The second kappa shape index (κ2) is 5.63. The lowest BCUT2D eigenvalue weighted by atomic mass is 9.96. The Hall–Kier alpha value is -2.46. The fourth-order valence-electron chi connectivity index (χ4n) is 3.08. The molecule has 1 aliphatic rings. The smallest absolute Gasteiger partial charge is 0.237 e. The van der Waals surface area contributed by atoms with Crippen molar-refractivity contribution in [1.82, 2.24) is 4.90 Å². The maximum absolute atomic E-state index is 12.7. The van der Waals surface area contributed by atoms with Crippen LogP contribution in [0.3, 0.4) is 0 Å². The molecule has 2 amide bonds. The average molecular weight is 321 g/mol. The number of hydrogen-bond donors (Lipinski definition) is 0. The van der Waals surface area contributed by atoms with Crippen LogP contribution in [0, 0.1) is 0 Å². The van der Waals surface area contributed by atoms with E-state index in [-0.39, 0.29) is 24.2 Å². The van der Waals surface area contributed by atoms with Gasteiger partial charge in [-0.05, 0) is 40.1 Å². The first kappa shape index (κ1) is 14.2. The Morgan fingerprint density at radius 1 is 1.04 bits per heavy atom. The number of benzene rings is 2. The maximum atomic E-state index is 12.7. The summed E-state index contributed by atoms with van der Waals surface area (Å²) < 4.78 is 1.20. The fourth-order valence-corrected chi connectivity index (χ4v) is 3.85. The summed E-state index contributed by atoms with van der Waals surface area (Å²) in [7, 11) is 0. The summed E-state index contributed by atoms with van der Waals surface area (Å²) in [6.07, 6.45) is 0.265. The highest BCUT2D eigenvalue weighted by molar-refractivity contribution is 7.17. The number of nitrogens with zero attached hydrogens (tertiary/aromatic N) is 1. The first-order valence-electron chi connectivity index (χ1n) is 7.57. The molecule has 1 saturated heterocycles. The van der Waals surface area contributed by atoms with Gasteiger partial charge in [-0.3, -0.25) is 14.5 Å². The van der Waals surface area contributed by atoms with Crippen LogP contribution >= 0.6 is 11.3 Å². The number of likely N-dealkylation sites (tertiary alicyclic amines) is 1. The number of fused-ring (bicyclic) bond motifs is 1. The van der Waals surface area contributed by atoms with Crippen LogP contribution in [0.1, 0.15) is 23.5 Å². The fraction of sp³-hybridized carbons (Fsp3) is 0.158. The first-order valence-corrected chi connectivity index (χ1v) is 8.45. The van der Waals surface area contributed by atoms with Gasteiger partial charge in [0, 0.05) is 11.1 Å². The molecule has 1 aliphatic heterocycles. The third kappa shape index (κ3) is 2.55. The van der Waals surface area contributed by atoms with Crippen molar-refractivity contribution < 1.29 is 9.59 Å². The van der Waals surface area contributed by atoms with Crippen molar-refractivity contribution in [2.24, 2.45) is 0 Å². The van der Waals surface area contributed by atoms with E-state index in [1.165, 1.54) is 9.60 Å². The lowest BCUT2D eigenvalue weighted by Crippen LogP contribution is -2.29. The number of rotatable bonds is 3. The standard InChI is InChI=1S/C19H15NO2S/c21-18-11-16(14-6-7-17-15(10-14)8-9-23-17)19(22)20(18)12-13-4-2-1-3-5-13/h1-10,16H,11-12H2. The molecule has 3 aromatic rings. The Balaban J connectivity index is 1.61. The molecule has 23 heavy (non-hydrogen) atoms. The molecule has 1 fully saturated rings. The molecule has 2 heterocycles. The van der Waals surface area contributed by atoms with Crippen molar-refractivity contribution in [2.45, 2.75) is 18.9 Å². The van der Waals surface area contributed by atoms with Gasteiger partial charge >= 0.3 is 0 Å². The van der Waals surface area contributed by atoms with Crippen LogP contribution in [0.25, 0.3) is 10.1 Å². The summed E-state index contributed by atoms with van der Waals surface area (Å²) in [5, 5.41) is 3.17. The van der Waals surface area contributed by atoms with Crippen LogP contribution in [-0.2, 0) is 16.1 Å². The molecule has 0 aliphatic carbocycles. The van der Waals surface area contributed by atoms with Gasteiger partial charge in [0.1, 0.15) is 0 Å². The van der Waals surface area contributed by atoms with Crippen LogP contribution in [0.2, 0.25) is 0 Å². The van der Waals surface area contributed by atoms with Gasteiger partial charge < -0.3 is 0 Å². The van der Waals surface area contributed by atoms with Crippen molar-refractivity contribution >= 4 is 33.2 Å². The summed E-state index contributed by atoms with van der Waals surface area (Å²) >= 11 is 1.68. The van der Waals surface area contributed by atoms with E-state index in [0.717, 1.165) is 16.5 Å². The predicted octanol–water partition coefficient (Wildman–Crippen LogP) is 3.94. The SMILES string of the molecule is O=C1CC(c2ccc3sccc3c2)C(=O)N1Cc1ccccc1. The highest BCUT2D eigenvalue weighted by Gasteiger charge is 2.39. The molecule has 4 rings (SSSR count). The first-order chi connectivity index (χ1) is 11.2. The van der Waals surface area contributed by atoms with Gasteiger partial charge in [0.15, 0.2) is 0 Å². The molecular weight excluding hydrogens is 306 g/mol. The molecule has 1 unspecified atom stereocenters. The third-order valence-corrected chi connectivity index (χ3v) is 5.20. The molecule has 1 atom stereocenters. The highest BCUT2D eigenvalue weighted by atomic mass is 32.1. The molecule has 0 radical (unpaired) electrons. The van der Waals surface area contributed by atoms with Gasteiger partial charge in [-0.25, -0.2) is 0 Å². The van der Waals surface area contributed by atoms with Crippen LogP contribution in [0.15, 0.2) is 60.0 Å². The zero-order valence-electron chi connectivity index (χ0n) is 12.4. The number of hydrogen-bond acceptors (Lipinski definition) is 3. The van der Waals surface area contributed by atoms with Gasteiger partial charge in [-0.1, -0.05) is 36.4 Å². The average Bonchev–Trinajstić information content (AvgIpc) is 3.15. The Morgan fingerprint density at radius 3 is 2.70 bits per heavy atom. The lowest BCUT2D eigenvalue weighted by Gasteiger charge is -2.15. The van der Waals surface area contributed by atoms with E-state index in [9.17, 15) is 9.59 Å². The van der Waals surface area contributed by atoms with Crippen molar-refractivity contribution in [3.05, 3.63) is 71.1 Å².